The molecule has 0 aliphatic carbocycles. The Balaban J connectivity index is 2.33. The second kappa shape index (κ2) is 4.79. The number of β-amino-alcohol motifs (C(OH)–C–C–N with tert-alkyl or cyclic N) is 1. The summed E-state index contributed by atoms with van der Waals surface area (Å²) in [4.78, 5) is 12.7. The van der Waals surface area contributed by atoms with Crippen LogP contribution in [0.1, 0.15) is 35.7 Å². The van der Waals surface area contributed by atoms with Crippen LogP contribution in [0.3, 0.4) is 0 Å². The lowest BCUT2D eigenvalue weighted by Crippen LogP contribution is -2.46. The molecule has 0 bridgehead atoms. The van der Waals surface area contributed by atoms with E-state index in [4.69, 9.17) is 5.26 Å². The van der Waals surface area contributed by atoms with Crippen molar-refractivity contribution >= 4 is 12.0 Å². The van der Waals surface area contributed by atoms with Gasteiger partial charge in [-0.3, -0.25) is 4.79 Å². The summed E-state index contributed by atoms with van der Waals surface area (Å²) >= 11 is 0. The van der Waals surface area contributed by atoms with Crippen molar-refractivity contribution < 1.29 is 9.90 Å². The number of aldehydes is 1. The number of carbonyl (C=O) groups is 1. The van der Waals surface area contributed by atoms with Crippen molar-refractivity contribution in [3.8, 4) is 6.07 Å². The normalized spacial score (nSPS) is 23.5. The summed E-state index contributed by atoms with van der Waals surface area (Å²) in [5.41, 5.74) is 1.06. The van der Waals surface area contributed by atoms with Gasteiger partial charge in [-0.05, 0) is 38.0 Å². The highest BCUT2D eigenvalue weighted by Gasteiger charge is 2.29. The minimum absolute atomic E-state index is 0.484. The van der Waals surface area contributed by atoms with Gasteiger partial charge in [0.05, 0.1) is 16.9 Å². The molecule has 1 heterocycles. The molecule has 1 aliphatic heterocycles. The van der Waals surface area contributed by atoms with Gasteiger partial charge in [0.25, 0.3) is 0 Å². The minimum Gasteiger partial charge on any atom is -0.388 e. The van der Waals surface area contributed by atoms with Crippen molar-refractivity contribution in [2.75, 3.05) is 18.0 Å². The Morgan fingerprint density at radius 2 is 2.33 bits per heavy atom. The molecule has 1 saturated heterocycles. The molecule has 18 heavy (non-hydrogen) atoms. The molecule has 1 aliphatic rings. The average molecular weight is 244 g/mol. The molecule has 0 aromatic heterocycles. The van der Waals surface area contributed by atoms with Gasteiger partial charge in [-0.25, -0.2) is 0 Å². The molecular formula is C14H16N2O2. The first-order valence-electron chi connectivity index (χ1n) is 6.02. The third-order valence-electron chi connectivity index (χ3n) is 3.29. The third-order valence-corrected chi connectivity index (χ3v) is 3.29. The lowest BCUT2D eigenvalue weighted by atomic mass is 9.94. The van der Waals surface area contributed by atoms with E-state index in [1.54, 1.807) is 18.2 Å². The van der Waals surface area contributed by atoms with E-state index in [0.717, 1.165) is 31.4 Å². The molecule has 2 rings (SSSR count). The number of carbonyl (C=O) groups excluding carboxylic acids is 1. The fourth-order valence-corrected chi connectivity index (χ4v) is 2.42. The highest BCUT2D eigenvalue weighted by atomic mass is 16.3. The van der Waals surface area contributed by atoms with Gasteiger partial charge in [-0.15, -0.1) is 0 Å². The summed E-state index contributed by atoms with van der Waals surface area (Å²) in [6, 6.07) is 7.18. The molecule has 0 spiro atoms. The van der Waals surface area contributed by atoms with Crippen LogP contribution >= 0.6 is 0 Å². The van der Waals surface area contributed by atoms with Crippen LogP contribution in [-0.4, -0.2) is 30.1 Å². The van der Waals surface area contributed by atoms with Crippen LogP contribution in [0.4, 0.5) is 5.69 Å². The van der Waals surface area contributed by atoms with E-state index >= 15 is 0 Å². The van der Waals surface area contributed by atoms with Crippen LogP contribution in [0.15, 0.2) is 18.2 Å². The van der Waals surface area contributed by atoms with Crippen molar-refractivity contribution in [2.24, 2.45) is 0 Å². The largest absolute Gasteiger partial charge is 0.388 e. The second-order valence-electron chi connectivity index (χ2n) is 5.03. The van der Waals surface area contributed by atoms with E-state index < -0.39 is 5.60 Å². The van der Waals surface area contributed by atoms with Crippen LogP contribution in [0.5, 0.6) is 0 Å². The van der Waals surface area contributed by atoms with Crippen LogP contribution in [-0.2, 0) is 0 Å². The van der Waals surface area contributed by atoms with Gasteiger partial charge in [-0.2, -0.15) is 5.26 Å². The predicted molar refractivity (Wildman–Crippen MR) is 68.6 cm³/mol. The van der Waals surface area contributed by atoms with Crippen molar-refractivity contribution in [1.82, 2.24) is 0 Å². The first-order chi connectivity index (χ1) is 8.55. The number of benzene rings is 1. The van der Waals surface area contributed by atoms with Crippen molar-refractivity contribution in [2.45, 2.75) is 25.4 Å². The molecule has 0 amide bonds. The zero-order valence-electron chi connectivity index (χ0n) is 10.4. The molecular weight excluding hydrogens is 228 g/mol. The molecule has 1 atom stereocenters. The summed E-state index contributed by atoms with van der Waals surface area (Å²) in [5, 5.41) is 19.2. The molecule has 1 fully saturated rings. The van der Waals surface area contributed by atoms with Gasteiger partial charge >= 0.3 is 0 Å². The summed E-state index contributed by atoms with van der Waals surface area (Å²) in [6.45, 7) is 3.15. The first-order valence-corrected chi connectivity index (χ1v) is 6.02. The Labute approximate surface area is 106 Å². The molecule has 0 radical (unpaired) electrons. The van der Waals surface area contributed by atoms with Crippen molar-refractivity contribution in [1.29, 1.82) is 5.26 Å². The number of hydrogen-bond donors (Lipinski definition) is 1. The monoisotopic (exact) mass is 244 g/mol. The summed E-state index contributed by atoms with van der Waals surface area (Å²) in [5.74, 6) is 0. The maximum Gasteiger partial charge on any atom is 0.150 e. The zero-order valence-corrected chi connectivity index (χ0v) is 10.4. The molecule has 1 aromatic carbocycles. The summed E-state index contributed by atoms with van der Waals surface area (Å²) in [7, 11) is 0. The standard InChI is InChI=1S/C14H16N2O2/c1-14(18)5-2-6-16(10-14)13-4-3-11(9-17)7-12(13)8-15/h3-4,7,9,18H,2,5-6,10H2,1H3. The minimum atomic E-state index is -0.714. The number of hydrogen-bond acceptors (Lipinski definition) is 4. The van der Waals surface area contributed by atoms with E-state index in [9.17, 15) is 9.90 Å². The quantitative estimate of drug-likeness (QED) is 0.804. The number of nitriles is 1. The Morgan fingerprint density at radius 1 is 1.56 bits per heavy atom. The van der Waals surface area contributed by atoms with Gasteiger partial charge in [0.1, 0.15) is 12.4 Å². The second-order valence-corrected chi connectivity index (χ2v) is 5.03. The predicted octanol–water partition coefficient (Wildman–Crippen LogP) is 1.72. The molecule has 1 N–H and O–H groups in total. The average Bonchev–Trinajstić information content (AvgIpc) is 2.36. The van der Waals surface area contributed by atoms with Gasteiger partial charge < -0.3 is 10.0 Å². The Bertz CT molecular complexity index is 503. The fourth-order valence-electron chi connectivity index (χ4n) is 2.42. The van der Waals surface area contributed by atoms with Gasteiger partial charge in [0.2, 0.25) is 0 Å². The van der Waals surface area contributed by atoms with Gasteiger partial charge in [0, 0.05) is 18.7 Å². The van der Waals surface area contributed by atoms with Crippen LogP contribution < -0.4 is 4.90 Å². The number of aliphatic hydroxyl groups is 1. The number of piperidine rings is 1. The number of rotatable bonds is 2. The molecule has 4 heteroatoms. The van der Waals surface area contributed by atoms with E-state index in [2.05, 4.69) is 6.07 Å². The zero-order chi connectivity index (χ0) is 13.2. The van der Waals surface area contributed by atoms with E-state index in [1.807, 2.05) is 11.8 Å². The number of anilines is 1. The van der Waals surface area contributed by atoms with Crippen molar-refractivity contribution in [3.63, 3.8) is 0 Å². The SMILES string of the molecule is CC1(O)CCCN(c2ccc(C=O)cc2C#N)C1. The van der Waals surface area contributed by atoms with E-state index in [-0.39, 0.29) is 0 Å². The fraction of sp³-hybridized carbons (Fsp3) is 0.429. The van der Waals surface area contributed by atoms with E-state index in [0.29, 0.717) is 17.7 Å². The maximum atomic E-state index is 10.7. The lowest BCUT2D eigenvalue weighted by Gasteiger charge is -2.38. The van der Waals surface area contributed by atoms with E-state index in [1.165, 1.54) is 0 Å². The van der Waals surface area contributed by atoms with Crippen LogP contribution in [0.25, 0.3) is 0 Å². The first kappa shape index (κ1) is 12.6. The third kappa shape index (κ3) is 2.52. The highest BCUT2D eigenvalue weighted by molar-refractivity contribution is 5.78. The summed E-state index contributed by atoms with van der Waals surface area (Å²) in [6.07, 6.45) is 2.40. The molecule has 94 valence electrons. The lowest BCUT2D eigenvalue weighted by molar-refractivity contribution is 0.0449. The topological polar surface area (TPSA) is 64.3 Å². The maximum absolute atomic E-state index is 10.7. The van der Waals surface area contributed by atoms with Crippen LogP contribution in [0, 0.1) is 11.3 Å². The van der Waals surface area contributed by atoms with Gasteiger partial charge in [0.15, 0.2) is 0 Å². The summed E-state index contributed by atoms with van der Waals surface area (Å²) < 4.78 is 0. The Kier molecular flexibility index (Phi) is 3.35. The smallest absolute Gasteiger partial charge is 0.150 e. The van der Waals surface area contributed by atoms with Crippen LogP contribution in [0.2, 0.25) is 0 Å². The van der Waals surface area contributed by atoms with Gasteiger partial charge in [-0.1, -0.05) is 0 Å². The molecule has 0 saturated carbocycles. The number of nitrogens with zero attached hydrogens (tertiary/aromatic N) is 2. The molecule has 4 nitrogen and oxygen atoms in total. The Morgan fingerprint density at radius 3 is 2.94 bits per heavy atom. The molecule has 1 aromatic rings. The Hall–Kier alpha value is -1.86. The highest BCUT2D eigenvalue weighted by Crippen LogP contribution is 2.28. The molecule has 1 unspecified atom stereocenters. The van der Waals surface area contributed by atoms with Crippen molar-refractivity contribution in [3.05, 3.63) is 29.3 Å².